The van der Waals surface area contributed by atoms with Crippen LogP contribution in [-0.2, 0) is 4.79 Å². The number of nitro groups is 1. The summed E-state index contributed by atoms with van der Waals surface area (Å²) in [6, 6.07) is 9.81. The summed E-state index contributed by atoms with van der Waals surface area (Å²) >= 11 is 7.72. The predicted octanol–water partition coefficient (Wildman–Crippen LogP) is 4.43. The molecule has 0 bridgehead atoms. The van der Waals surface area contributed by atoms with Crippen LogP contribution in [0.2, 0.25) is 5.02 Å². The van der Waals surface area contributed by atoms with Crippen molar-refractivity contribution in [3.05, 3.63) is 61.3 Å². The van der Waals surface area contributed by atoms with Crippen LogP contribution in [0.4, 0.5) is 9.80 Å². The maximum atomic E-state index is 12.4. The third-order valence-corrected chi connectivity index (χ3v) is 5.55. The lowest BCUT2D eigenvalue weighted by Crippen LogP contribution is -2.32. The van der Waals surface area contributed by atoms with E-state index in [2.05, 4.69) is 0 Å². The molecule has 10 heteroatoms. The molecule has 0 spiro atoms. The fourth-order valence-corrected chi connectivity index (χ4v) is 4.03. The lowest BCUT2D eigenvalue weighted by atomic mass is 10.3. The van der Waals surface area contributed by atoms with Crippen LogP contribution < -0.4 is 4.74 Å². The molecule has 0 radical (unpaired) electrons. The van der Waals surface area contributed by atoms with Gasteiger partial charge < -0.3 is 4.74 Å². The van der Waals surface area contributed by atoms with Crippen molar-refractivity contribution in [2.75, 3.05) is 13.2 Å². The Morgan fingerprint density at radius 3 is 2.69 bits per heavy atom. The number of rotatable bonds is 6. The van der Waals surface area contributed by atoms with Crippen LogP contribution in [0.1, 0.15) is 4.88 Å². The Morgan fingerprint density at radius 2 is 2.00 bits per heavy atom. The zero-order valence-electron chi connectivity index (χ0n) is 13.1. The summed E-state index contributed by atoms with van der Waals surface area (Å²) in [7, 11) is 0. The number of nitrogens with zero attached hydrogens (tertiary/aromatic N) is 2. The third-order valence-electron chi connectivity index (χ3n) is 3.35. The minimum atomic E-state index is -0.500. The predicted molar refractivity (Wildman–Crippen MR) is 101 cm³/mol. The van der Waals surface area contributed by atoms with E-state index in [1.165, 1.54) is 18.2 Å². The summed E-state index contributed by atoms with van der Waals surface area (Å²) in [6.45, 7) is 0.192. The van der Waals surface area contributed by atoms with E-state index in [1.54, 1.807) is 24.3 Å². The van der Waals surface area contributed by atoms with Crippen LogP contribution in [0.25, 0.3) is 6.08 Å². The highest BCUT2D eigenvalue weighted by Gasteiger charge is 2.35. The second-order valence-corrected chi connectivity index (χ2v) is 7.54. The highest BCUT2D eigenvalue weighted by atomic mass is 35.5. The van der Waals surface area contributed by atoms with Gasteiger partial charge in [0.05, 0.1) is 21.4 Å². The Hall–Kier alpha value is -2.36. The molecule has 1 aromatic heterocycles. The normalized spacial score (nSPS) is 15.7. The number of benzene rings is 1. The van der Waals surface area contributed by atoms with E-state index in [0.29, 0.717) is 15.6 Å². The number of imide groups is 1. The van der Waals surface area contributed by atoms with E-state index in [9.17, 15) is 19.7 Å². The van der Waals surface area contributed by atoms with E-state index < -0.39 is 16.1 Å². The van der Waals surface area contributed by atoms with Gasteiger partial charge in [-0.25, -0.2) is 0 Å². The molecule has 7 nitrogen and oxygen atoms in total. The molecule has 2 amide bonds. The van der Waals surface area contributed by atoms with Crippen LogP contribution in [0.3, 0.4) is 0 Å². The molecule has 1 aromatic carbocycles. The van der Waals surface area contributed by atoms with Crippen molar-refractivity contribution in [3.8, 4) is 5.75 Å². The molecule has 2 heterocycles. The quantitative estimate of drug-likeness (QED) is 0.397. The summed E-state index contributed by atoms with van der Waals surface area (Å²) in [4.78, 5) is 36.5. The molecule has 0 saturated carbocycles. The molecule has 1 saturated heterocycles. The van der Waals surface area contributed by atoms with Crippen molar-refractivity contribution >= 4 is 56.9 Å². The van der Waals surface area contributed by atoms with Crippen molar-refractivity contribution in [2.45, 2.75) is 0 Å². The van der Waals surface area contributed by atoms with Gasteiger partial charge in [0.25, 0.3) is 11.1 Å². The number of halogens is 1. The average Bonchev–Trinajstić information content (AvgIpc) is 3.17. The van der Waals surface area contributed by atoms with Gasteiger partial charge >= 0.3 is 5.00 Å². The summed E-state index contributed by atoms with van der Waals surface area (Å²) in [5, 5.41) is 10.7. The van der Waals surface area contributed by atoms with Crippen molar-refractivity contribution in [3.63, 3.8) is 0 Å². The fourth-order valence-electron chi connectivity index (χ4n) is 2.15. The van der Waals surface area contributed by atoms with Gasteiger partial charge in [0.2, 0.25) is 0 Å². The molecule has 26 heavy (non-hydrogen) atoms. The van der Waals surface area contributed by atoms with E-state index in [1.807, 2.05) is 0 Å². The summed E-state index contributed by atoms with van der Waals surface area (Å²) in [5.41, 5.74) is 0. The first kappa shape index (κ1) is 18.4. The number of hydrogen-bond acceptors (Lipinski definition) is 7. The minimum Gasteiger partial charge on any atom is -0.490 e. The molecule has 0 unspecified atom stereocenters. The van der Waals surface area contributed by atoms with E-state index >= 15 is 0 Å². The Labute approximate surface area is 161 Å². The highest BCUT2D eigenvalue weighted by molar-refractivity contribution is 8.18. The lowest BCUT2D eigenvalue weighted by Gasteiger charge is -2.13. The van der Waals surface area contributed by atoms with Crippen molar-refractivity contribution in [2.24, 2.45) is 0 Å². The number of amides is 2. The van der Waals surface area contributed by atoms with Crippen LogP contribution in [-0.4, -0.2) is 34.1 Å². The first-order valence-corrected chi connectivity index (χ1v) is 9.34. The van der Waals surface area contributed by atoms with Gasteiger partial charge in [-0.2, -0.15) is 0 Å². The molecule has 1 fully saturated rings. The smallest absolute Gasteiger partial charge is 0.324 e. The molecule has 0 N–H and O–H groups in total. The Morgan fingerprint density at radius 1 is 1.23 bits per heavy atom. The van der Waals surface area contributed by atoms with Gasteiger partial charge in [-0.1, -0.05) is 35.1 Å². The third kappa shape index (κ3) is 4.06. The Kier molecular flexibility index (Phi) is 5.60. The molecule has 2 aromatic rings. The molecule has 1 aliphatic heterocycles. The monoisotopic (exact) mass is 410 g/mol. The number of ether oxygens (including phenoxy) is 1. The molecule has 0 atom stereocenters. The van der Waals surface area contributed by atoms with Gasteiger partial charge in [-0.3, -0.25) is 24.6 Å². The summed E-state index contributed by atoms with van der Waals surface area (Å²) in [6.07, 6.45) is 1.48. The lowest BCUT2D eigenvalue weighted by molar-refractivity contribution is -0.380. The fraction of sp³-hybridized carbons (Fsp3) is 0.125. The second-order valence-electron chi connectivity index (χ2n) is 5.05. The molecular weight excluding hydrogens is 400 g/mol. The van der Waals surface area contributed by atoms with Gasteiger partial charge in [0.15, 0.2) is 0 Å². The van der Waals surface area contributed by atoms with E-state index in [-0.39, 0.29) is 23.1 Å². The SMILES string of the molecule is O=C1S/C(=C\c2ccc([N+](=O)[O-])s2)C(=O)N1CCOc1ccccc1Cl. The zero-order chi connectivity index (χ0) is 18.7. The number of carbonyl (C=O) groups excluding carboxylic acids is 2. The van der Waals surface area contributed by atoms with E-state index in [0.717, 1.165) is 28.0 Å². The number of carbonyl (C=O) groups is 2. The number of hydrogen-bond donors (Lipinski definition) is 0. The molecule has 3 rings (SSSR count). The van der Waals surface area contributed by atoms with Crippen LogP contribution in [0.5, 0.6) is 5.75 Å². The molecule has 1 aliphatic rings. The van der Waals surface area contributed by atoms with Crippen molar-refractivity contribution in [1.82, 2.24) is 4.90 Å². The number of para-hydroxylation sites is 1. The van der Waals surface area contributed by atoms with Crippen molar-refractivity contribution < 1.29 is 19.2 Å². The Bertz CT molecular complexity index is 912. The molecular formula is C16H11ClN2O5S2. The van der Waals surface area contributed by atoms with Gasteiger partial charge in [0, 0.05) is 10.9 Å². The standard InChI is InChI=1S/C16H11ClN2O5S2/c17-11-3-1-2-4-12(11)24-8-7-18-15(20)13(26-16(18)21)9-10-5-6-14(25-10)19(22)23/h1-6,9H,7-8H2/b13-9-. The van der Waals surface area contributed by atoms with Crippen LogP contribution in [0, 0.1) is 10.1 Å². The Balaban J connectivity index is 1.64. The van der Waals surface area contributed by atoms with Gasteiger partial charge in [-0.15, -0.1) is 0 Å². The molecule has 134 valence electrons. The first-order chi connectivity index (χ1) is 12.5. The van der Waals surface area contributed by atoms with Gasteiger partial charge in [-0.05, 0) is 36.0 Å². The highest BCUT2D eigenvalue weighted by Crippen LogP contribution is 2.34. The summed E-state index contributed by atoms with van der Waals surface area (Å²) in [5.74, 6) is 0.0291. The summed E-state index contributed by atoms with van der Waals surface area (Å²) < 4.78 is 5.50. The second kappa shape index (κ2) is 7.90. The average molecular weight is 411 g/mol. The van der Waals surface area contributed by atoms with Crippen molar-refractivity contribution in [1.29, 1.82) is 0 Å². The maximum absolute atomic E-state index is 12.4. The van der Waals surface area contributed by atoms with Gasteiger partial charge in [0.1, 0.15) is 12.4 Å². The largest absolute Gasteiger partial charge is 0.490 e. The maximum Gasteiger partial charge on any atom is 0.324 e. The van der Waals surface area contributed by atoms with E-state index in [4.69, 9.17) is 16.3 Å². The first-order valence-electron chi connectivity index (χ1n) is 7.32. The topological polar surface area (TPSA) is 89.8 Å². The van der Waals surface area contributed by atoms with Crippen LogP contribution >= 0.6 is 34.7 Å². The number of thiophene rings is 1. The zero-order valence-corrected chi connectivity index (χ0v) is 15.5. The van der Waals surface area contributed by atoms with Crippen LogP contribution in [0.15, 0.2) is 41.3 Å². The number of thioether (sulfide) groups is 1. The minimum absolute atomic E-state index is 0.0244. The molecule has 0 aliphatic carbocycles.